The van der Waals surface area contributed by atoms with Gasteiger partial charge in [-0.25, -0.2) is 15.0 Å². The van der Waals surface area contributed by atoms with Gasteiger partial charge in [-0.3, -0.25) is 4.57 Å². The zero-order valence-electron chi connectivity index (χ0n) is 15.2. The molecule has 0 atom stereocenters. The lowest BCUT2D eigenvalue weighted by Gasteiger charge is -2.41. The summed E-state index contributed by atoms with van der Waals surface area (Å²) >= 11 is 0. The molecule has 0 unspecified atom stereocenters. The first kappa shape index (κ1) is 17.5. The molecule has 1 aliphatic rings. The highest BCUT2D eigenvalue weighted by molar-refractivity contribution is 5.79. The minimum atomic E-state index is 0.476. The van der Waals surface area contributed by atoms with Gasteiger partial charge >= 0.3 is 0 Å². The number of pyridine rings is 1. The number of imidazole rings is 1. The van der Waals surface area contributed by atoms with Gasteiger partial charge in [0, 0.05) is 31.7 Å². The van der Waals surface area contributed by atoms with E-state index >= 15 is 0 Å². The van der Waals surface area contributed by atoms with Gasteiger partial charge in [0.05, 0.1) is 6.54 Å². The van der Waals surface area contributed by atoms with Crippen LogP contribution in [0.5, 0.6) is 0 Å². The van der Waals surface area contributed by atoms with Gasteiger partial charge in [0.2, 0.25) is 0 Å². The van der Waals surface area contributed by atoms with Gasteiger partial charge in [-0.15, -0.1) is 0 Å². The molecule has 0 saturated heterocycles. The fraction of sp³-hybridized carbons (Fsp3) is 0.526. The van der Waals surface area contributed by atoms with E-state index in [4.69, 9.17) is 4.99 Å². The van der Waals surface area contributed by atoms with Crippen molar-refractivity contribution in [3.8, 4) is 5.82 Å². The van der Waals surface area contributed by atoms with Gasteiger partial charge in [-0.2, -0.15) is 0 Å². The van der Waals surface area contributed by atoms with Gasteiger partial charge in [-0.1, -0.05) is 19.4 Å². The molecule has 134 valence electrons. The highest BCUT2D eigenvalue weighted by Crippen LogP contribution is 2.42. The third-order valence-electron chi connectivity index (χ3n) is 5.14. The van der Waals surface area contributed by atoms with E-state index in [1.807, 2.05) is 23.0 Å². The minimum absolute atomic E-state index is 0.476. The highest BCUT2D eigenvalue weighted by Gasteiger charge is 2.34. The SMILES string of the molecule is CCNC(=NCc1ccc(-n2ccnc2)nc1)NCC1(CC)CCC1. The monoisotopic (exact) mass is 340 g/mol. The molecule has 0 amide bonds. The van der Waals surface area contributed by atoms with E-state index in [1.165, 1.54) is 25.7 Å². The first-order valence-electron chi connectivity index (χ1n) is 9.20. The second-order valence-electron chi connectivity index (χ2n) is 6.75. The van der Waals surface area contributed by atoms with Crippen molar-refractivity contribution in [2.75, 3.05) is 13.1 Å². The summed E-state index contributed by atoms with van der Waals surface area (Å²) in [6.07, 6.45) is 12.5. The third-order valence-corrected chi connectivity index (χ3v) is 5.14. The van der Waals surface area contributed by atoms with Crippen LogP contribution in [0.2, 0.25) is 0 Å². The molecular weight excluding hydrogens is 312 g/mol. The van der Waals surface area contributed by atoms with E-state index in [2.05, 4.69) is 40.5 Å². The van der Waals surface area contributed by atoms with Crippen molar-refractivity contribution >= 4 is 5.96 Å². The Balaban J connectivity index is 1.59. The summed E-state index contributed by atoms with van der Waals surface area (Å²) in [6.45, 7) is 6.87. The van der Waals surface area contributed by atoms with Gasteiger partial charge in [0.25, 0.3) is 0 Å². The molecule has 1 saturated carbocycles. The maximum atomic E-state index is 4.71. The number of nitrogens with one attached hydrogen (secondary N) is 2. The fourth-order valence-corrected chi connectivity index (χ4v) is 3.17. The van der Waals surface area contributed by atoms with Crippen LogP contribution in [-0.2, 0) is 6.54 Å². The number of rotatable bonds is 7. The Labute approximate surface area is 149 Å². The van der Waals surface area contributed by atoms with E-state index in [0.29, 0.717) is 12.0 Å². The Hall–Kier alpha value is -2.37. The molecular formula is C19H28N6. The molecule has 25 heavy (non-hydrogen) atoms. The largest absolute Gasteiger partial charge is 0.357 e. The van der Waals surface area contributed by atoms with Crippen LogP contribution in [-0.4, -0.2) is 33.6 Å². The van der Waals surface area contributed by atoms with Crippen molar-refractivity contribution in [3.63, 3.8) is 0 Å². The van der Waals surface area contributed by atoms with Crippen LogP contribution in [0, 0.1) is 5.41 Å². The Morgan fingerprint density at radius 2 is 2.16 bits per heavy atom. The molecule has 2 aromatic heterocycles. The summed E-state index contributed by atoms with van der Waals surface area (Å²) in [4.78, 5) is 13.2. The molecule has 0 bridgehead atoms. The van der Waals surface area contributed by atoms with Crippen LogP contribution in [0.25, 0.3) is 5.82 Å². The summed E-state index contributed by atoms with van der Waals surface area (Å²) in [6, 6.07) is 4.06. The van der Waals surface area contributed by atoms with Crippen molar-refractivity contribution < 1.29 is 0 Å². The zero-order chi connectivity index (χ0) is 17.5. The predicted molar refractivity (Wildman–Crippen MR) is 101 cm³/mol. The highest BCUT2D eigenvalue weighted by atomic mass is 15.2. The van der Waals surface area contributed by atoms with Crippen molar-refractivity contribution in [1.29, 1.82) is 0 Å². The molecule has 3 rings (SSSR count). The lowest BCUT2D eigenvalue weighted by Crippen LogP contribution is -2.46. The number of guanidine groups is 1. The lowest BCUT2D eigenvalue weighted by molar-refractivity contribution is 0.131. The summed E-state index contributed by atoms with van der Waals surface area (Å²) in [5, 5.41) is 6.86. The van der Waals surface area contributed by atoms with Crippen molar-refractivity contribution in [2.45, 2.75) is 46.1 Å². The number of aliphatic imine (C=N–C) groups is 1. The first-order valence-corrected chi connectivity index (χ1v) is 9.20. The average Bonchev–Trinajstić information content (AvgIpc) is 3.14. The molecule has 0 spiro atoms. The summed E-state index contributed by atoms with van der Waals surface area (Å²) in [5.41, 5.74) is 1.57. The Kier molecular flexibility index (Phi) is 5.68. The summed E-state index contributed by atoms with van der Waals surface area (Å²) < 4.78 is 1.89. The van der Waals surface area contributed by atoms with Crippen molar-refractivity contribution in [3.05, 3.63) is 42.6 Å². The van der Waals surface area contributed by atoms with Crippen molar-refractivity contribution in [2.24, 2.45) is 10.4 Å². The summed E-state index contributed by atoms with van der Waals surface area (Å²) in [5.74, 6) is 1.76. The van der Waals surface area contributed by atoms with Gasteiger partial charge in [0.15, 0.2) is 5.96 Å². The maximum Gasteiger partial charge on any atom is 0.191 e. The van der Waals surface area contributed by atoms with Crippen molar-refractivity contribution in [1.82, 2.24) is 25.2 Å². The Morgan fingerprint density at radius 3 is 2.72 bits per heavy atom. The molecule has 2 aromatic rings. The smallest absolute Gasteiger partial charge is 0.191 e. The molecule has 1 fully saturated rings. The number of hydrogen-bond acceptors (Lipinski definition) is 3. The van der Waals surface area contributed by atoms with Crippen LogP contribution >= 0.6 is 0 Å². The predicted octanol–water partition coefficient (Wildman–Crippen LogP) is 2.90. The topological polar surface area (TPSA) is 67.1 Å². The second kappa shape index (κ2) is 8.14. The van der Waals surface area contributed by atoms with E-state index in [9.17, 15) is 0 Å². The fourth-order valence-electron chi connectivity index (χ4n) is 3.17. The van der Waals surface area contributed by atoms with Crippen LogP contribution in [0.3, 0.4) is 0 Å². The number of nitrogens with zero attached hydrogens (tertiary/aromatic N) is 4. The molecule has 0 aromatic carbocycles. The van der Waals surface area contributed by atoms with Crippen LogP contribution < -0.4 is 10.6 Å². The Bertz CT molecular complexity index is 665. The maximum absolute atomic E-state index is 4.71. The second-order valence-corrected chi connectivity index (χ2v) is 6.75. The molecule has 2 N–H and O–H groups in total. The average molecular weight is 340 g/mol. The van der Waals surface area contributed by atoms with Crippen LogP contribution in [0.1, 0.15) is 45.1 Å². The molecule has 0 aliphatic heterocycles. The normalized spacial score (nSPS) is 16.3. The molecule has 6 nitrogen and oxygen atoms in total. The molecule has 6 heteroatoms. The van der Waals surface area contributed by atoms with Gasteiger partial charge in [-0.05, 0) is 43.2 Å². The van der Waals surface area contributed by atoms with Crippen LogP contribution in [0.15, 0.2) is 42.0 Å². The first-order chi connectivity index (χ1) is 12.2. The zero-order valence-corrected chi connectivity index (χ0v) is 15.2. The van der Waals surface area contributed by atoms with Crippen LogP contribution in [0.4, 0.5) is 0 Å². The van der Waals surface area contributed by atoms with E-state index in [-0.39, 0.29) is 0 Å². The molecule has 1 aliphatic carbocycles. The van der Waals surface area contributed by atoms with Gasteiger partial charge < -0.3 is 10.6 Å². The number of hydrogen-bond donors (Lipinski definition) is 2. The summed E-state index contributed by atoms with van der Waals surface area (Å²) in [7, 11) is 0. The number of aromatic nitrogens is 3. The molecule has 0 radical (unpaired) electrons. The van der Waals surface area contributed by atoms with Gasteiger partial charge in [0.1, 0.15) is 12.1 Å². The van der Waals surface area contributed by atoms with E-state index in [0.717, 1.165) is 30.4 Å². The standard InChI is InChI=1S/C19H28N6/c1-3-19(8-5-9-19)14-24-18(21-4-2)23-13-16-6-7-17(22-12-16)25-11-10-20-15-25/h6-7,10-12,15H,3-5,8-9,13-14H2,1-2H3,(H2,21,23,24). The lowest BCUT2D eigenvalue weighted by atomic mass is 9.67. The Morgan fingerprint density at radius 1 is 1.28 bits per heavy atom. The van der Waals surface area contributed by atoms with E-state index in [1.54, 1.807) is 12.5 Å². The molecule has 2 heterocycles. The third kappa shape index (κ3) is 4.38. The minimum Gasteiger partial charge on any atom is -0.357 e. The quantitative estimate of drug-likeness (QED) is 0.601. The van der Waals surface area contributed by atoms with E-state index < -0.39 is 0 Å².